The maximum absolute atomic E-state index is 12.7. The summed E-state index contributed by atoms with van der Waals surface area (Å²) < 4.78 is 31.8. The number of sulfonamides is 1. The van der Waals surface area contributed by atoms with Gasteiger partial charge in [0.05, 0.1) is 10.5 Å². The van der Waals surface area contributed by atoms with Crippen LogP contribution in [0.3, 0.4) is 0 Å². The van der Waals surface area contributed by atoms with Gasteiger partial charge in [-0.15, -0.1) is 0 Å². The summed E-state index contributed by atoms with van der Waals surface area (Å²) >= 11 is 0. The van der Waals surface area contributed by atoms with E-state index in [-0.39, 0.29) is 29.0 Å². The smallest absolute Gasteiger partial charge is 0.338 e. The summed E-state index contributed by atoms with van der Waals surface area (Å²) in [6.45, 7) is 6.58. The van der Waals surface area contributed by atoms with Crippen LogP contribution in [0.15, 0.2) is 29.2 Å². The Labute approximate surface area is 161 Å². The molecule has 1 amide bonds. The maximum Gasteiger partial charge on any atom is 0.338 e. The Morgan fingerprint density at radius 2 is 1.81 bits per heavy atom. The average molecular weight is 397 g/mol. The number of benzene rings is 1. The Hall–Kier alpha value is -1.93. The van der Waals surface area contributed by atoms with Gasteiger partial charge in [0.25, 0.3) is 5.91 Å². The summed E-state index contributed by atoms with van der Waals surface area (Å²) in [5.74, 6) is -0.493. The minimum Gasteiger partial charge on any atom is -0.452 e. The second-order valence-electron chi connectivity index (χ2n) is 7.06. The number of hydrogen-bond donors (Lipinski definition) is 1. The molecule has 1 aromatic carbocycles. The molecule has 8 heteroatoms. The molecule has 1 atom stereocenters. The molecule has 1 saturated heterocycles. The monoisotopic (exact) mass is 396 g/mol. The van der Waals surface area contributed by atoms with Crippen molar-refractivity contribution in [3.05, 3.63) is 29.8 Å². The highest BCUT2D eigenvalue weighted by Gasteiger charge is 2.28. The van der Waals surface area contributed by atoms with E-state index in [1.165, 1.54) is 28.6 Å². The fourth-order valence-electron chi connectivity index (χ4n) is 2.77. The van der Waals surface area contributed by atoms with E-state index in [0.29, 0.717) is 19.0 Å². The number of nitrogens with one attached hydrogen (secondary N) is 1. The van der Waals surface area contributed by atoms with Crippen LogP contribution in [-0.2, 0) is 19.6 Å². The summed E-state index contributed by atoms with van der Waals surface area (Å²) in [6.07, 6.45) is 2.48. The molecular weight excluding hydrogens is 368 g/mol. The van der Waals surface area contributed by atoms with Gasteiger partial charge in [0, 0.05) is 19.1 Å². The van der Waals surface area contributed by atoms with Crippen LogP contribution in [0.4, 0.5) is 0 Å². The van der Waals surface area contributed by atoms with Gasteiger partial charge in [0.1, 0.15) is 0 Å². The number of nitrogens with zero attached hydrogens (tertiary/aromatic N) is 1. The van der Waals surface area contributed by atoms with Crippen molar-refractivity contribution >= 4 is 21.9 Å². The normalized spacial score (nSPS) is 17.3. The lowest BCUT2D eigenvalue weighted by atomic mass is 10.0. The van der Waals surface area contributed by atoms with Crippen LogP contribution in [0.2, 0.25) is 0 Å². The number of ether oxygens (including phenoxy) is 1. The zero-order valence-electron chi connectivity index (χ0n) is 16.1. The predicted octanol–water partition coefficient (Wildman–Crippen LogP) is 2.18. The lowest BCUT2D eigenvalue weighted by Gasteiger charge is -2.29. The summed E-state index contributed by atoms with van der Waals surface area (Å²) in [5.41, 5.74) is 0.206. The average Bonchev–Trinajstić information content (AvgIpc) is 2.66. The number of rotatable bonds is 7. The van der Waals surface area contributed by atoms with Crippen LogP contribution in [0, 0.1) is 5.92 Å². The molecule has 27 heavy (non-hydrogen) atoms. The van der Waals surface area contributed by atoms with E-state index in [0.717, 1.165) is 19.3 Å². The highest BCUT2D eigenvalue weighted by molar-refractivity contribution is 7.89. The van der Waals surface area contributed by atoms with Gasteiger partial charge in [-0.05, 0) is 56.4 Å². The summed E-state index contributed by atoms with van der Waals surface area (Å²) in [5, 5.41) is 2.70. The van der Waals surface area contributed by atoms with Crippen molar-refractivity contribution in [2.24, 2.45) is 5.92 Å². The molecule has 0 bridgehead atoms. The molecule has 150 valence electrons. The SMILES string of the molecule is CC[C@@H](C)NC(=O)COC(=O)c1ccc(S(=O)(=O)N2CCC(C)CC2)cc1. The van der Waals surface area contributed by atoms with Crippen LogP contribution < -0.4 is 5.32 Å². The molecule has 0 radical (unpaired) electrons. The number of esters is 1. The topological polar surface area (TPSA) is 92.8 Å². The van der Waals surface area contributed by atoms with Crippen molar-refractivity contribution in [1.82, 2.24) is 9.62 Å². The molecule has 0 unspecified atom stereocenters. The highest BCUT2D eigenvalue weighted by atomic mass is 32.2. The first kappa shape index (κ1) is 21.4. The van der Waals surface area contributed by atoms with Gasteiger partial charge in [-0.25, -0.2) is 13.2 Å². The molecule has 1 aliphatic heterocycles. The number of carbonyl (C=O) groups excluding carboxylic acids is 2. The molecule has 1 N–H and O–H groups in total. The van der Waals surface area contributed by atoms with Gasteiger partial charge in [-0.1, -0.05) is 13.8 Å². The third-order valence-electron chi connectivity index (χ3n) is 4.82. The van der Waals surface area contributed by atoms with Crippen molar-refractivity contribution in [2.45, 2.75) is 51.0 Å². The second-order valence-corrected chi connectivity index (χ2v) is 9.00. The molecule has 1 heterocycles. The van der Waals surface area contributed by atoms with Crippen LogP contribution >= 0.6 is 0 Å². The van der Waals surface area contributed by atoms with E-state index >= 15 is 0 Å². The summed E-state index contributed by atoms with van der Waals surface area (Å²) in [7, 11) is -3.55. The molecule has 0 saturated carbocycles. The first-order valence-electron chi connectivity index (χ1n) is 9.30. The van der Waals surface area contributed by atoms with Crippen molar-refractivity contribution in [3.63, 3.8) is 0 Å². The predicted molar refractivity (Wildman–Crippen MR) is 102 cm³/mol. The van der Waals surface area contributed by atoms with Gasteiger partial charge >= 0.3 is 5.97 Å². The van der Waals surface area contributed by atoms with Crippen molar-refractivity contribution in [1.29, 1.82) is 0 Å². The Kier molecular flexibility index (Phi) is 7.38. The standard InChI is InChI=1S/C19H28N2O5S/c1-4-15(3)20-18(22)13-26-19(23)16-5-7-17(8-6-16)27(24,25)21-11-9-14(2)10-12-21/h5-8,14-15H,4,9-13H2,1-3H3,(H,20,22)/t15-/m1/s1. The summed E-state index contributed by atoms with van der Waals surface area (Å²) in [4.78, 5) is 23.9. The Morgan fingerprint density at radius 1 is 1.22 bits per heavy atom. The van der Waals surface area contributed by atoms with Crippen molar-refractivity contribution in [3.8, 4) is 0 Å². The third-order valence-corrected chi connectivity index (χ3v) is 6.74. The van der Waals surface area contributed by atoms with Gasteiger partial charge in [-0.3, -0.25) is 4.79 Å². The van der Waals surface area contributed by atoms with Gasteiger partial charge < -0.3 is 10.1 Å². The highest BCUT2D eigenvalue weighted by Crippen LogP contribution is 2.23. The zero-order valence-corrected chi connectivity index (χ0v) is 16.9. The van der Waals surface area contributed by atoms with Crippen LogP contribution in [-0.4, -0.2) is 50.3 Å². The molecular formula is C19H28N2O5S. The van der Waals surface area contributed by atoms with E-state index in [1.54, 1.807) is 0 Å². The maximum atomic E-state index is 12.7. The van der Waals surface area contributed by atoms with Crippen molar-refractivity contribution < 1.29 is 22.7 Å². The van der Waals surface area contributed by atoms with Crippen LogP contribution in [0.5, 0.6) is 0 Å². The molecule has 7 nitrogen and oxygen atoms in total. The number of hydrogen-bond acceptors (Lipinski definition) is 5. The lowest BCUT2D eigenvalue weighted by Crippen LogP contribution is -2.37. The third kappa shape index (κ3) is 5.77. The summed E-state index contributed by atoms with van der Waals surface area (Å²) in [6, 6.07) is 5.65. The van der Waals surface area contributed by atoms with Gasteiger partial charge in [-0.2, -0.15) is 4.31 Å². The fraction of sp³-hybridized carbons (Fsp3) is 0.579. The molecule has 0 spiro atoms. The first-order valence-corrected chi connectivity index (χ1v) is 10.7. The number of piperidine rings is 1. The quantitative estimate of drug-likeness (QED) is 0.713. The number of carbonyl (C=O) groups is 2. The van der Waals surface area contributed by atoms with E-state index < -0.39 is 16.0 Å². The minimum atomic E-state index is -3.55. The van der Waals surface area contributed by atoms with Gasteiger partial charge in [0.15, 0.2) is 6.61 Å². The molecule has 0 aromatic heterocycles. The molecule has 1 aromatic rings. The van der Waals surface area contributed by atoms with E-state index in [9.17, 15) is 18.0 Å². The van der Waals surface area contributed by atoms with E-state index in [2.05, 4.69) is 12.2 Å². The Balaban J connectivity index is 1.96. The molecule has 1 fully saturated rings. The van der Waals surface area contributed by atoms with Crippen LogP contribution in [0.1, 0.15) is 50.4 Å². The largest absolute Gasteiger partial charge is 0.452 e. The molecule has 0 aliphatic carbocycles. The molecule has 2 rings (SSSR count). The van der Waals surface area contributed by atoms with Crippen LogP contribution in [0.25, 0.3) is 0 Å². The van der Waals surface area contributed by atoms with Gasteiger partial charge in [0.2, 0.25) is 10.0 Å². The zero-order chi connectivity index (χ0) is 20.0. The second kappa shape index (κ2) is 9.32. The van der Waals surface area contributed by atoms with E-state index in [1.807, 2.05) is 13.8 Å². The minimum absolute atomic E-state index is 0.0125. The lowest BCUT2D eigenvalue weighted by molar-refractivity contribution is -0.124. The fourth-order valence-corrected chi connectivity index (χ4v) is 4.24. The Bertz CT molecular complexity index is 753. The Morgan fingerprint density at radius 3 is 2.37 bits per heavy atom. The first-order chi connectivity index (χ1) is 12.7. The van der Waals surface area contributed by atoms with E-state index in [4.69, 9.17) is 4.74 Å². The van der Waals surface area contributed by atoms with Crippen molar-refractivity contribution in [2.75, 3.05) is 19.7 Å². The number of amides is 1. The molecule has 1 aliphatic rings.